The van der Waals surface area contributed by atoms with Crippen LogP contribution in [0.5, 0.6) is 5.75 Å². The summed E-state index contributed by atoms with van der Waals surface area (Å²) in [5.41, 5.74) is 3.79. The van der Waals surface area contributed by atoms with Gasteiger partial charge in [-0.15, -0.1) is 0 Å². The number of rotatable bonds is 6. The van der Waals surface area contributed by atoms with Gasteiger partial charge in [0.15, 0.2) is 0 Å². The van der Waals surface area contributed by atoms with Gasteiger partial charge in [-0.2, -0.15) is 0 Å². The van der Waals surface area contributed by atoms with Gasteiger partial charge < -0.3 is 19.6 Å². The second-order valence-electron chi connectivity index (χ2n) is 8.42. The van der Waals surface area contributed by atoms with Gasteiger partial charge in [0.05, 0.1) is 20.1 Å². The van der Waals surface area contributed by atoms with E-state index in [-0.39, 0.29) is 30.2 Å². The van der Waals surface area contributed by atoms with Crippen LogP contribution in [0.3, 0.4) is 0 Å². The zero-order valence-electron chi connectivity index (χ0n) is 19.4. The molecule has 5 rings (SSSR count). The van der Waals surface area contributed by atoms with Crippen molar-refractivity contribution in [1.29, 1.82) is 0 Å². The van der Waals surface area contributed by atoms with Gasteiger partial charge in [0.1, 0.15) is 11.6 Å². The van der Waals surface area contributed by atoms with Gasteiger partial charge in [-0.3, -0.25) is 9.59 Å². The lowest BCUT2D eigenvalue weighted by atomic mass is 9.96. The number of amides is 1. The molecule has 0 unspecified atom stereocenters. The molecule has 0 saturated carbocycles. The van der Waals surface area contributed by atoms with Crippen LogP contribution in [0.25, 0.3) is 32.8 Å². The average Bonchev–Trinajstić information content (AvgIpc) is 3.26. The lowest BCUT2D eigenvalue weighted by Crippen LogP contribution is -2.30. The minimum absolute atomic E-state index is 0.0828. The fourth-order valence-electron chi connectivity index (χ4n) is 4.52. The molecular formula is C28H24FN3O3. The van der Waals surface area contributed by atoms with Crippen LogP contribution in [-0.2, 0) is 24.8 Å². The van der Waals surface area contributed by atoms with E-state index < -0.39 is 0 Å². The molecular weight excluding hydrogens is 445 g/mol. The number of fused-ring (bicyclic) bond motifs is 2. The van der Waals surface area contributed by atoms with E-state index in [0.717, 1.165) is 22.0 Å². The van der Waals surface area contributed by atoms with Gasteiger partial charge >= 0.3 is 0 Å². The average molecular weight is 470 g/mol. The quantitative estimate of drug-likeness (QED) is 0.379. The third-order valence-corrected chi connectivity index (χ3v) is 6.32. The van der Waals surface area contributed by atoms with E-state index >= 15 is 0 Å². The summed E-state index contributed by atoms with van der Waals surface area (Å²) < 4.78 is 20.7. The fraction of sp³-hybridized carbons (Fsp3) is 0.143. The van der Waals surface area contributed by atoms with Crippen LogP contribution in [0, 0.1) is 5.82 Å². The predicted octanol–water partition coefficient (Wildman–Crippen LogP) is 4.69. The standard InChI is InChI=1S/C28H24FN3O3/c1-32-25(16-31-26(33)12-18-15-30-24-11-8-19(29)13-22(18)24)27(17-6-4-3-5-7-17)23-14-20(35-2)9-10-21(23)28(32)34/h3-11,13-15,30H,12,16H2,1-2H3,(H,31,33). The monoisotopic (exact) mass is 469 g/mol. The zero-order chi connectivity index (χ0) is 24.5. The summed E-state index contributed by atoms with van der Waals surface area (Å²) in [6, 6.07) is 19.6. The first-order valence-electron chi connectivity index (χ1n) is 11.2. The molecule has 35 heavy (non-hydrogen) atoms. The smallest absolute Gasteiger partial charge is 0.258 e. The van der Waals surface area contributed by atoms with Crippen molar-refractivity contribution in [1.82, 2.24) is 14.9 Å². The third-order valence-electron chi connectivity index (χ3n) is 6.32. The summed E-state index contributed by atoms with van der Waals surface area (Å²) in [6.45, 7) is 0.151. The van der Waals surface area contributed by atoms with Crippen LogP contribution in [0.1, 0.15) is 11.3 Å². The molecule has 7 heteroatoms. The summed E-state index contributed by atoms with van der Waals surface area (Å²) in [5.74, 6) is 0.0599. The summed E-state index contributed by atoms with van der Waals surface area (Å²) in [5, 5.41) is 4.96. The van der Waals surface area contributed by atoms with E-state index in [9.17, 15) is 14.0 Å². The molecule has 0 fully saturated rings. The number of H-pyrrole nitrogens is 1. The second kappa shape index (κ2) is 9.10. The number of ether oxygens (including phenoxy) is 1. The van der Waals surface area contributed by atoms with Gasteiger partial charge in [-0.1, -0.05) is 30.3 Å². The number of aromatic amines is 1. The van der Waals surface area contributed by atoms with Gasteiger partial charge in [0.25, 0.3) is 5.56 Å². The second-order valence-corrected chi connectivity index (χ2v) is 8.42. The molecule has 2 N–H and O–H groups in total. The van der Waals surface area contributed by atoms with Crippen molar-refractivity contribution in [2.24, 2.45) is 7.05 Å². The summed E-state index contributed by atoms with van der Waals surface area (Å²) in [6.07, 6.45) is 1.80. The molecule has 0 bridgehead atoms. The molecule has 5 aromatic rings. The van der Waals surface area contributed by atoms with Crippen LogP contribution in [0.2, 0.25) is 0 Å². The first-order chi connectivity index (χ1) is 17.0. The van der Waals surface area contributed by atoms with Gasteiger partial charge in [0.2, 0.25) is 5.91 Å². The maximum Gasteiger partial charge on any atom is 0.258 e. The Bertz CT molecular complexity index is 1620. The van der Waals surface area contributed by atoms with Crippen molar-refractivity contribution >= 4 is 27.6 Å². The lowest BCUT2D eigenvalue weighted by Gasteiger charge is -2.18. The van der Waals surface area contributed by atoms with E-state index in [4.69, 9.17) is 4.74 Å². The number of hydrogen-bond acceptors (Lipinski definition) is 3. The van der Waals surface area contributed by atoms with Crippen molar-refractivity contribution in [3.63, 3.8) is 0 Å². The molecule has 6 nitrogen and oxygen atoms in total. The summed E-state index contributed by atoms with van der Waals surface area (Å²) in [7, 11) is 3.30. The number of methoxy groups -OCH3 is 1. The Kier molecular flexibility index (Phi) is 5.82. The normalized spacial score (nSPS) is 11.2. The first kappa shape index (κ1) is 22.4. The first-order valence-corrected chi connectivity index (χ1v) is 11.2. The van der Waals surface area contributed by atoms with Gasteiger partial charge in [0, 0.05) is 46.2 Å². The molecule has 2 aromatic heterocycles. The molecule has 0 atom stereocenters. The number of hydrogen-bond donors (Lipinski definition) is 2. The number of nitrogens with zero attached hydrogens (tertiary/aromatic N) is 1. The highest BCUT2D eigenvalue weighted by Crippen LogP contribution is 2.32. The van der Waals surface area contributed by atoms with Crippen molar-refractivity contribution < 1.29 is 13.9 Å². The maximum atomic E-state index is 13.7. The van der Waals surface area contributed by atoms with Gasteiger partial charge in [-0.05, 0) is 47.5 Å². The number of benzene rings is 3. The Morgan fingerprint density at radius 2 is 1.83 bits per heavy atom. The lowest BCUT2D eigenvalue weighted by molar-refractivity contribution is -0.120. The molecule has 1 amide bonds. The van der Waals surface area contributed by atoms with Crippen LogP contribution < -0.4 is 15.6 Å². The Labute approximate surface area is 201 Å². The molecule has 0 aliphatic heterocycles. The SMILES string of the molecule is COc1ccc2c(=O)n(C)c(CNC(=O)Cc3c[nH]c4ccc(F)cc34)c(-c3ccccc3)c2c1. The Morgan fingerprint density at radius 1 is 1.03 bits per heavy atom. The molecule has 0 radical (unpaired) electrons. The molecule has 176 valence electrons. The Morgan fingerprint density at radius 3 is 2.60 bits per heavy atom. The molecule has 2 heterocycles. The van der Waals surface area contributed by atoms with Crippen LogP contribution in [-0.4, -0.2) is 22.6 Å². The molecule has 0 aliphatic rings. The number of halogens is 1. The minimum Gasteiger partial charge on any atom is -0.497 e. The van der Waals surface area contributed by atoms with E-state index in [1.807, 2.05) is 36.4 Å². The number of carbonyl (C=O) groups is 1. The molecule has 3 aromatic carbocycles. The highest BCUT2D eigenvalue weighted by molar-refractivity contribution is 5.98. The summed E-state index contributed by atoms with van der Waals surface area (Å²) >= 11 is 0. The van der Waals surface area contributed by atoms with E-state index in [2.05, 4.69) is 10.3 Å². The van der Waals surface area contributed by atoms with Crippen molar-refractivity contribution in [2.75, 3.05) is 7.11 Å². The van der Waals surface area contributed by atoms with E-state index in [1.165, 1.54) is 12.1 Å². The van der Waals surface area contributed by atoms with E-state index in [0.29, 0.717) is 27.8 Å². The zero-order valence-corrected chi connectivity index (χ0v) is 19.4. The van der Waals surface area contributed by atoms with Crippen LogP contribution in [0.4, 0.5) is 4.39 Å². The number of nitrogens with one attached hydrogen (secondary N) is 2. The minimum atomic E-state index is -0.354. The molecule has 0 spiro atoms. The maximum absolute atomic E-state index is 13.7. The fourth-order valence-corrected chi connectivity index (χ4v) is 4.52. The van der Waals surface area contributed by atoms with Crippen LogP contribution in [0.15, 0.2) is 77.7 Å². The summed E-state index contributed by atoms with van der Waals surface area (Å²) in [4.78, 5) is 29.1. The number of aromatic nitrogens is 2. The van der Waals surface area contributed by atoms with Crippen molar-refractivity contribution in [2.45, 2.75) is 13.0 Å². The highest BCUT2D eigenvalue weighted by atomic mass is 19.1. The Balaban J connectivity index is 1.53. The topological polar surface area (TPSA) is 76.1 Å². The third kappa shape index (κ3) is 4.17. The number of carbonyl (C=O) groups excluding carboxylic acids is 1. The Hall–Kier alpha value is -4.39. The van der Waals surface area contributed by atoms with Crippen molar-refractivity contribution in [3.8, 4) is 16.9 Å². The van der Waals surface area contributed by atoms with Crippen LogP contribution >= 0.6 is 0 Å². The highest BCUT2D eigenvalue weighted by Gasteiger charge is 2.18. The van der Waals surface area contributed by atoms with Gasteiger partial charge in [-0.25, -0.2) is 4.39 Å². The predicted molar refractivity (Wildman–Crippen MR) is 135 cm³/mol. The molecule has 0 aliphatic carbocycles. The largest absolute Gasteiger partial charge is 0.497 e. The van der Waals surface area contributed by atoms with E-state index in [1.54, 1.807) is 43.1 Å². The number of pyridine rings is 1. The van der Waals surface area contributed by atoms with Crippen molar-refractivity contribution in [3.05, 3.63) is 100 Å². The molecule has 0 saturated heterocycles.